The minimum atomic E-state index is 0.540. The Morgan fingerprint density at radius 1 is 1.33 bits per heavy atom. The molecule has 72 valence electrons. The van der Waals surface area contributed by atoms with Gasteiger partial charge in [-0.25, -0.2) is 4.79 Å². The first-order valence-electron chi connectivity index (χ1n) is 4.56. The van der Waals surface area contributed by atoms with Gasteiger partial charge in [0.2, 0.25) is 0 Å². The molecule has 0 aromatic heterocycles. The third kappa shape index (κ3) is 1.54. The van der Waals surface area contributed by atoms with Crippen LogP contribution in [0, 0.1) is 11.3 Å². The van der Waals surface area contributed by atoms with Gasteiger partial charge in [-0.05, 0) is 12.1 Å². The topological polar surface area (TPSA) is 44.1 Å². The van der Waals surface area contributed by atoms with Crippen LogP contribution in [0.3, 0.4) is 0 Å². The normalized spacial score (nSPS) is 13.8. The van der Waals surface area contributed by atoms with Gasteiger partial charge in [-0.1, -0.05) is 18.2 Å². The van der Waals surface area contributed by atoms with Crippen molar-refractivity contribution in [2.45, 2.75) is 6.42 Å². The monoisotopic (exact) mass is 196 g/mol. The van der Waals surface area contributed by atoms with Crippen molar-refractivity contribution in [3.05, 3.63) is 47.8 Å². The standard InChI is InChI=1S/C12H8N2O/c13-8-10-4-1-2-6-12(10)14-7-3-5-11(14)9-15/h1-4,6-7H,5H2. The number of carbonyl (C=O) groups excluding carboxylic acids is 1. The van der Waals surface area contributed by atoms with Gasteiger partial charge in [0.15, 0.2) is 0 Å². The van der Waals surface area contributed by atoms with Crippen LogP contribution in [-0.4, -0.2) is 5.94 Å². The fourth-order valence-corrected chi connectivity index (χ4v) is 1.55. The summed E-state index contributed by atoms with van der Waals surface area (Å²) in [5, 5.41) is 8.93. The smallest absolute Gasteiger partial charge is 0.146 e. The summed E-state index contributed by atoms with van der Waals surface area (Å²) in [5.74, 6) is 1.88. The van der Waals surface area contributed by atoms with E-state index in [2.05, 4.69) is 6.07 Å². The van der Waals surface area contributed by atoms with Gasteiger partial charge in [0.05, 0.1) is 11.3 Å². The molecule has 0 N–H and O–H groups in total. The Labute approximate surface area is 87.5 Å². The van der Waals surface area contributed by atoms with Crippen LogP contribution in [0.4, 0.5) is 5.69 Å². The maximum atomic E-state index is 10.7. The number of anilines is 1. The summed E-state index contributed by atoms with van der Waals surface area (Å²) in [7, 11) is 0. The summed E-state index contributed by atoms with van der Waals surface area (Å²) in [6.07, 6.45) is 4.23. The van der Waals surface area contributed by atoms with Gasteiger partial charge in [0.25, 0.3) is 0 Å². The molecule has 15 heavy (non-hydrogen) atoms. The first-order chi connectivity index (χ1) is 7.36. The third-order valence-electron chi connectivity index (χ3n) is 2.26. The number of nitriles is 1. The first-order valence-corrected chi connectivity index (χ1v) is 4.56. The van der Waals surface area contributed by atoms with E-state index in [0.29, 0.717) is 17.7 Å². The molecule has 0 radical (unpaired) electrons. The van der Waals surface area contributed by atoms with Gasteiger partial charge in [-0.15, -0.1) is 0 Å². The number of nitrogens with zero attached hydrogens (tertiary/aromatic N) is 2. The van der Waals surface area contributed by atoms with Crippen LogP contribution in [0.2, 0.25) is 0 Å². The molecule has 0 spiro atoms. The van der Waals surface area contributed by atoms with E-state index in [0.717, 1.165) is 5.69 Å². The van der Waals surface area contributed by atoms with Crippen molar-refractivity contribution in [1.29, 1.82) is 5.26 Å². The molecular formula is C12H8N2O. The zero-order chi connectivity index (χ0) is 10.7. The van der Waals surface area contributed by atoms with Crippen LogP contribution in [0.5, 0.6) is 0 Å². The van der Waals surface area contributed by atoms with E-state index >= 15 is 0 Å². The van der Waals surface area contributed by atoms with Gasteiger partial charge in [0.1, 0.15) is 17.7 Å². The molecule has 1 aromatic carbocycles. The van der Waals surface area contributed by atoms with Crippen molar-refractivity contribution < 1.29 is 4.79 Å². The van der Waals surface area contributed by atoms with E-state index in [4.69, 9.17) is 5.26 Å². The summed E-state index contributed by atoms with van der Waals surface area (Å²) in [6.45, 7) is 0. The molecule has 3 nitrogen and oxygen atoms in total. The maximum absolute atomic E-state index is 10.7. The van der Waals surface area contributed by atoms with Crippen LogP contribution in [0.1, 0.15) is 12.0 Å². The minimum Gasteiger partial charge on any atom is -0.310 e. The van der Waals surface area contributed by atoms with Crippen molar-refractivity contribution in [3.8, 4) is 6.07 Å². The highest BCUT2D eigenvalue weighted by Crippen LogP contribution is 2.27. The summed E-state index contributed by atoms with van der Waals surface area (Å²) in [5.41, 5.74) is 1.82. The van der Waals surface area contributed by atoms with E-state index < -0.39 is 0 Å². The molecule has 1 heterocycles. The summed E-state index contributed by atoms with van der Waals surface area (Å²) < 4.78 is 0. The molecule has 3 heteroatoms. The average Bonchev–Trinajstić information content (AvgIpc) is 2.76. The van der Waals surface area contributed by atoms with Crippen LogP contribution in [0.15, 0.2) is 42.2 Å². The lowest BCUT2D eigenvalue weighted by atomic mass is 10.2. The van der Waals surface area contributed by atoms with Gasteiger partial charge >= 0.3 is 0 Å². The molecule has 0 bridgehead atoms. The van der Waals surface area contributed by atoms with Crippen LogP contribution >= 0.6 is 0 Å². The summed E-state index contributed by atoms with van der Waals surface area (Å²) >= 11 is 0. The zero-order valence-corrected chi connectivity index (χ0v) is 7.97. The Bertz CT molecular complexity index is 505. The number of benzene rings is 1. The highest BCUT2D eigenvalue weighted by molar-refractivity contribution is 5.72. The second kappa shape index (κ2) is 3.83. The number of rotatable bonds is 1. The molecule has 1 aromatic rings. The lowest BCUT2D eigenvalue weighted by Gasteiger charge is -2.16. The van der Waals surface area contributed by atoms with Gasteiger partial charge < -0.3 is 4.90 Å². The predicted molar refractivity (Wildman–Crippen MR) is 56.6 cm³/mol. The minimum absolute atomic E-state index is 0.540. The molecule has 1 aliphatic rings. The Hall–Kier alpha value is -2.30. The van der Waals surface area contributed by atoms with E-state index in [1.165, 1.54) is 0 Å². The molecular weight excluding hydrogens is 188 g/mol. The second-order valence-electron chi connectivity index (χ2n) is 3.14. The summed E-state index contributed by atoms with van der Waals surface area (Å²) in [6, 6.07) is 9.27. The number of hydrogen-bond acceptors (Lipinski definition) is 3. The Morgan fingerprint density at radius 3 is 2.87 bits per heavy atom. The maximum Gasteiger partial charge on any atom is 0.146 e. The van der Waals surface area contributed by atoms with E-state index in [1.54, 1.807) is 23.2 Å². The largest absolute Gasteiger partial charge is 0.310 e. The highest BCUT2D eigenvalue weighted by Gasteiger charge is 2.16. The first kappa shape index (κ1) is 9.26. The summed E-state index contributed by atoms with van der Waals surface area (Å²) in [4.78, 5) is 12.4. The molecule has 2 rings (SSSR count). The molecule has 0 unspecified atom stereocenters. The van der Waals surface area contributed by atoms with E-state index in [9.17, 15) is 4.79 Å². The van der Waals surface area contributed by atoms with Gasteiger partial charge in [0, 0.05) is 12.6 Å². The predicted octanol–water partition coefficient (Wildman–Crippen LogP) is 2.00. The number of para-hydroxylation sites is 1. The van der Waals surface area contributed by atoms with Crippen LogP contribution in [-0.2, 0) is 4.79 Å². The zero-order valence-electron chi connectivity index (χ0n) is 7.97. The number of allylic oxidation sites excluding steroid dienone is 1. The molecule has 0 aliphatic carbocycles. The van der Waals surface area contributed by atoms with Crippen molar-refractivity contribution in [2.75, 3.05) is 4.90 Å². The van der Waals surface area contributed by atoms with Crippen LogP contribution < -0.4 is 4.90 Å². The lowest BCUT2D eigenvalue weighted by molar-refractivity contribution is 0.566. The molecule has 1 aliphatic heterocycles. The average molecular weight is 196 g/mol. The Morgan fingerprint density at radius 2 is 2.13 bits per heavy atom. The van der Waals surface area contributed by atoms with Crippen molar-refractivity contribution in [1.82, 2.24) is 0 Å². The third-order valence-corrected chi connectivity index (χ3v) is 2.26. The van der Waals surface area contributed by atoms with E-state index in [-0.39, 0.29) is 0 Å². The van der Waals surface area contributed by atoms with Crippen molar-refractivity contribution in [2.24, 2.45) is 0 Å². The quantitative estimate of drug-likeness (QED) is 0.645. The van der Waals surface area contributed by atoms with Crippen LogP contribution in [0.25, 0.3) is 0 Å². The van der Waals surface area contributed by atoms with Gasteiger partial charge in [-0.3, -0.25) is 0 Å². The molecule has 0 fully saturated rings. The Kier molecular flexibility index (Phi) is 2.37. The molecule has 0 saturated carbocycles. The van der Waals surface area contributed by atoms with Gasteiger partial charge in [-0.2, -0.15) is 5.26 Å². The van der Waals surface area contributed by atoms with Crippen molar-refractivity contribution >= 4 is 11.6 Å². The second-order valence-corrected chi connectivity index (χ2v) is 3.14. The van der Waals surface area contributed by atoms with E-state index in [1.807, 2.05) is 24.2 Å². The Balaban J connectivity index is 2.51. The fourth-order valence-electron chi connectivity index (χ4n) is 1.55. The van der Waals surface area contributed by atoms with Crippen molar-refractivity contribution in [3.63, 3.8) is 0 Å². The lowest BCUT2D eigenvalue weighted by Crippen LogP contribution is -2.12. The molecule has 0 amide bonds. The number of hydrogen-bond donors (Lipinski definition) is 0. The highest BCUT2D eigenvalue weighted by atomic mass is 16.1. The molecule has 0 saturated heterocycles. The SMILES string of the molecule is N#Cc1ccccc1N1C=CCC1=C=O. The fraction of sp³-hybridized carbons (Fsp3) is 0.0833. The molecule has 0 atom stereocenters.